The van der Waals surface area contributed by atoms with Crippen molar-refractivity contribution in [3.05, 3.63) is 47.5 Å². The van der Waals surface area contributed by atoms with Gasteiger partial charge in [-0.3, -0.25) is 33.7 Å². The van der Waals surface area contributed by atoms with Gasteiger partial charge in [-0.2, -0.15) is 0 Å². The largest absolute Gasteiger partial charge is 0.350 e. The molecule has 0 saturated carbocycles. The highest BCUT2D eigenvalue weighted by atomic mass is 31.2. The predicted molar refractivity (Wildman–Crippen MR) is 172 cm³/mol. The van der Waals surface area contributed by atoms with Crippen LogP contribution in [0.3, 0.4) is 0 Å². The van der Waals surface area contributed by atoms with Crippen molar-refractivity contribution in [1.82, 2.24) is 14.9 Å². The first-order valence-corrected chi connectivity index (χ1v) is 17.9. The smallest absolute Gasteiger partial charge is 0.323 e. The van der Waals surface area contributed by atoms with Crippen molar-refractivity contribution >= 4 is 42.0 Å². The first-order valence-electron chi connectivity index (χ1n) is 16.2. The lowest BCUT2D eigenvalue weighted by Crippen LogP contribution is -2.59. The summed E-state index contributed by atoms with van der Waals surface area (Å²) in [6.07, 6.45) is 7.95. The van der Waals surface area contributed by atoms with E-state index in [0.717, 1.165) is 60.2 Å². The quantitative estimate of drug-likeness (QED) is 0.249. The van der Waals surface area contributed by atoms with Gasteiger partial charge in [-0.05, 0) is 49.1 Å². The highest BCUT2D eigenvalue weighted by molar-refractivity contribution is 7.52. The maximum Gasteiger partial charge on any atom is 0.350 e. The van der Waals surface area contributed by atoms with Crippen LogP contribution in [0.15, 0.2) is 36.4 Å². The molecule has 2 atom stereocenters. The number of imide groups is 1. The number of nitrogens with zero attached hydrogens (tertiary/aromatic N) is 3. The van der Waals surface area contributed by atoms with E-state index in [2.05, 4.69) is 0 Å². The Morgan fingerprint density at radius 1 is 0.889 bits per heavy atom. The minimum atomic E-state index is -5.13. The van der Waals surface area contributed by atoms with Crippen LogP contribution >= 0.6 is 7.60 Å². The fourth-order valence-corrected chi connectivity index (χ4v) is 7.40. The molecule has 2 aromatic rings. The highest BCUT2D eigenvalue weighted by Gasteiger charge is 2.44. The number of carbonyl (C=O) groups is 4. The number of nitrogens with two attached hydrogens (primary N) is 1. The first kappa shape index (κ1) is 34.8. The van der Waals surface area contributed by atoms with Crippen LogP contribution in [0.2, 0.25) is 0 Å². The zero-order valence-corrected chi connectivity index (χ0v) is 27.3. The normalized spacial score (nSPS) is 18.8. The van der Waals surface area contributed by atoms with Gasteiger partial charge in [0.05, 0.1) is 6.04 Å². The second kappa shape index (κ2) is 15.5. The maximum atomic E-state index is 14.0. The standard InChI is InChI=1S/C33H47N4O7P/c1-23(2)22-27(34)33(41)37(36-20-11-9-7-5-3-4-6-8-10-18-28(36)38)29(45(42,43)44)19-21-35-31(39)25-16-12-14-24-15-13-17-26(30(24)25)32(35)40/h12-17,23,27,29H,3-11,18-22,34H2,1-2H3,(H2,42,43,44)/t27?,29-/m0/s1. The second-order valence-corrected chi connectivity index (χ2v) is 14.5. The molecule has 4 N–H and O–H groups in total. The molecule has 1 fully saturated rings. The summed E-state index contributed by atoms with van der Waals surface area (Å²) < 4.78 is 13.2. The van der Waals surface area contributed by atoms with Crippen LogP contribution in [-0.2, 0) is 14.2 Å². The zero-order valence-electron chi connectivity index (χ0n) is 26.4. The average Bonchev–Trinajstić information content (AvgIpc) is 3.00. The SMILES string of the molecule is CC(C)CC(N)C(=O)N([C@H](CCN1C(=O)c2cccc3cccc(c23)C1=O)P(=O)(O)O)N1CCCCCCCCCCCC1=O. The zero-order chi connectivity index (χ0) is 32.7. The summed E-state index contributed by atoms with van der Waals surface area (Å²) >= 11 is 0. The number of amides is 4. The third-order valence-corrected chi connectivity index (χ3v) is 9.97. The van der Waals surface area contributed by atoms with Gasteiger partial charge in [0.2, 0.25) is 5.91 Å². The minimum absolute atomic E-state index is 0.0106. The molecule has 0 radical (unpaired) electrons. The fourth-order valence-electron chi connectivity index (χ4n) is 6.42. The summed E-state index contributed by atoms with van der Waals surface area (Å²) in [5.74, 6) is -4.12. The first-order chi connectivity index (χ1) is 21.4. The molecule has 4 amide bonds. The fraction of sp³-hybridized carbons (Fsp3) is 0.576. The van der Waals surface area contributed by atoms with Crippen molar-refractivity contribution in [2.75, 3.05) is 13.1 Å². The van der Waals surface area contributed by atoms with Crippen LogP contribution in [0.25, 0.3) is 10.8 Å². The molecular weight excluding hydrogens is 595 g/mol. The molecule has 11 nitrogen and oxygen atoms in total. The average molecular weight is 643 g/mol. The van der Waals surface area contributed by atoms with E-state index in [1.165, 1.54) is 5.01 Å². The number of carbonyl (C=O) groups excluding carboxylic acids is 4. The Bertz CT molecular complexity index is 1390. The van der Waals surface area contributed by atoms with E-state index >= 15 is 0 Å². The van der Waals surface area contributed by atoms with E-state index in [1.54, 1.807) is 24.3 Å². The Morgan fingerprint density at radius 3 is 1.96 bits per heavy atom. The van der Waals surface area contributed by atoms with Crippen molar-refractivity contribution in [3.8, 4) is 0 Å². The Hall–Kier alpha value is -3.11. The van der Waals surface area contributed by atoms with Gasteiger partial charge >= 0.3 is 7.60 Å². The molecular formula is C33H47N4O7P. The van der Waals surface area contributed by atoms with Gasteiger partial charge in [0.15, 0.2) is 5.78 Å². The lowest BCUT2D eigenvalue weighted by atomic mass is 9.94. The van der Waals surface area contributed by atoms with Gasteiger partial charge in [0.1, 0.15) is 0 Å². The monoisotopic (exact) mass is 642 g/mol. The van der Waals surface area contributed by atoms with Crippen LogP contribution in [0.4, 0.5) is 0 Å². The Kier molecular flexibility index (Phi) is 11.9. The number of benzene rings is 2. The third-order valence-electron chi connectivity index (χ3n) is 8.71. The predicted octanol–water partition coefficient (Wildman–Crippen LogP) is 5.19. The molecule has 0 aliphatic carbocycles. The van der Waals surface area contributed by atoms with E-state index < -0.39 is 49.5 Å². The second-order valence-electron chi connectivity index (χ2n) is 12.7. The van der Waals surface area contributed by atoms with Gasteiger partial charge in [0, 0.05) is 36.0 Å². The van der Waals surface area contributed by atoms with Crippen molar-refractivity contribution in [3.63, 3.8) is 0 Å². The molecule has 2 aliphatic rings. The molecule has 1 unspecified atom stereocenters. The molecule has 2 aliphatic heterocycles. The van der Waals surface area contributed by atoms with E-state index in [4.69, 9.17) is 5.73 Å². The number of hydrogen-bond acceptors (Lipinski definition) is 6. The number of hydrazine groups is 1. The van der Waals surface area contributed by atoms with Crippen molar-refractivity contribution in [2.24, 2.45) is 11.7 Å². The van der Waals surface area contributed by atoms with Crippen molar-refractivity contribution in [1.29, 1.82) is 0 Å². The molecule has 2 aromatic carbocycles. The summed E-state index contributed by atoms with van der Waals surface area (Å²) in [6.45, 7) is 3.50. The van der Waals surface area contributed by atoms with E-state index in [-0.39, 0.29) is 31.8 Å². The highest BCUT2D eigenvalue weighted by Crippen LogP contribution is 2.46. The topological polar surface area (TPSA) is 162 Å². The van der Waals surface area contributed by atoms with Crippen LogP contribution in [0.1, 0.15) is 112 Å². The van der Waals surface area contributed by atoms with E-state index in [9.17, 15) is 33.5 Å². The van der Waals surface area contributed by atoms with Gasteiger partial charge in [0.25, 0.3) is 17.7 Å². The summed E-state index contributed by atoms with van der Waals surface area (Å²) in [5.41, 5.74) is 6.96. The Labute approximate surface area is 265 Å². The summed E-state index contributed by atoms with van der Waals surface area (Å²) in [4.78, 5) is 77.2. The Morgan fingerprint density at radius 2 is 1.42 bits per heavy atom. The van der Waals surface area contributed by atoms with Gasteiger partial charge in [-0.1, -0.05) is 83.1 Å². The number of rotatable bonds is 9. The molecule has 12 heteroatoms. The van der Waals surface area contributed by atoms with E-state index in [1.807, 2.05) is 26.0 Å². The summed E-state index contributed by atoms with van der Waals surface area (Å²) in [6, 6.07) is 9.17. The molecule has 246 valence electrons. The molecule has 4 rings (SSSR count). The van der Waals surface area contributed by atoms with Crippen LogP contribution < -0.4 is 5.73 Å². The van der Waals surface area contributed by atoms with Gasteiger partial charge < -0.3 is 15.5 Å². The van der Waals surface area contributed by atoms with Crippen LogP contribution in [0.5, 0.6) is 0 Å². The molecule has 0 spiro atoms. The Balaban J connectivity index is 1.69. The third kappa shape index (κ3) is 8.38. The molecule has 45 heavy (non-hydrogen) atoms. The van der Waals surface area contributed by atoms with Gasteiger partial charge in [-0.25, -0.2) is 5.01 Å². The molecule has 0 aromatic heterocycles. The lowest BCUT2D eigenvalue weighted by Gasteiger charge is -2.42. The minimum Gasteiger partial charge on any atom is -0.323 e. The van der Waals surface area contributed by atoms with Crippen molar-refractivity contribution < 1.29 is 33.5 Å². The van der Waals surface area contributed by atoms with Gasteiger partial charge in [-0.15, -0.1) is 0 Å². The van der Waals surface area contributed by atoms with Crippen LogP contribution in [-0.4, -0.2) is 73.2 Å². The van der Waals surface area contributed by atoms with E-state index in [0.29, 0.717) is 29.4 Å². The van der Waals surface area contributed by atoms with Crippen LogP contribution in [0, 0.1) is 5.92 Å². The maximum absolute atomic E-state index is 14.0. The molecule has 0 bridgehead atoms. The number of hydrogen-bond donors (Lipinski definition) is 3. The molecule has 2 heterocycles. The lowest BCUT2D eigenvalue weighted by molar-refractivity contribution is -0.168. The summed E-state index contributed by atoms with van der Waals surface area (Å²) in [5, 5.41) is 3.36. The van der Waals surface area contributed by atoms with Crippen molar-refractivity contribution in [2.45, 2.75) is 103 Å². The summed E-state index contributed by atoms with van der Waals surface area (Å²) in [7, 11) is -5.13. The molecule has 1 saturated heterocycles.